The van der Waals surface area contributed by atoms with Gasteiger partial charge < -0.3 is 15.3 Å². The van der Waals surface area contributed by atoms with E-state index in [1.807, 2.05) is 18.2 Å². The average Bonchev–Trinajstić information content (AvgIpc) is 2.55. The van der Waals surface area contributed by atoms with Crippen LogP contribution in [0.3, 0.4) is 0 Å². The summed E-state index contributed by atoms with van der Waals surface area (Å²) in [5.74, 6) is 0. The highest BCUT2D eigenvalue weighted by Gasteiger charge is 2.17. The number of hydrogen-bond acceptors (Lipinski definition) is 3. The number of aliphatic hydroxyl groups is 1. The molecule has 2 aromatic rings. The molecular formula is C19H26N2O. The first-order valence-electron chi connectivity index (χ1n) is 7.81. The number of nitrogens with one attached hydrogen (secondary N) is 1. The van der Waals surface area contributed by atoms with Crippen LogP contribution < -0.4 is 10.2 Å². The SMILES string of the molecule is CC(N[C@H](CCO)c1ccccc1)c1ccccc1N(C)C. The van der Waals surface area contributed by atoms with E-state index in [0.29, 0.717) is 6.42 Å². The van der Waals surface area contributed by atoms with Crippen LogP contribution in [0.2, 0.25) is 0 Å². The molecule has 3 heteroatoms. The summed E-state index contributed by atoms with van der Waals surface area (Å²) in [5, 5.41) is 13.0. The number of para-hydroxylation sites is 1. The van der Waals surface area contributed by atoms with E-state index in [1.165, 1.54) is 16.8 Å². The molecule has 2 aromatic carbocycles. The van der Waals surface area contributed by atoms with Crippen molar-refractivity contribution in [2.45, 2.75) is 25.4 Å². The second-order valence-corrected chi connectivity index (χ2v) is 5.82. The molecule has 2 rings (SSSR count). The highest BCUT2D eigenvalue weighted by atomic mass is 16.3. The summed E-state index contributed by atoms with van der Waals surface area (Å²) in [5.41, 5.74) is 3.70. The molecule has 0 amide bonds. The molecule has 0 saturated heterocycles. The van der Waals surface area contributed by atoms with Crippen molar-refractivity contribution >= 4 is 5.69 Å². The highest BCUT2D eigenvalue weighted by Crippen LogP contribution is 2.28. The molecule has 2 N–H and O–H groups in total. The smallest absolute Gasteiger partial charge is 0.0449 e. The molecule has 0 fully saturated rings. The second-order valence-electron chi connectivity index (χ2n) is 5.82. The van der Waals surface area contributed by atoms with Crippen LogP contribution in [0.25, 0.3) is 0 Å². The Balaban J connectivity index is 2.20. The number of nitrogens with zero attached hydrogens (tertiary/aromatic N) is 1. The normalized spacial score (nSPS) is 13.6. The zero-order valence-corrected chi connectivity index (χ0v) is 13.7. The Hall–Kier alpha value is -1.84. The van der Waals surface area contributed by atoms with E-state index in [4.69, 9.17) is 0 Å². The van der Waals surface area contributed by atoms with Gasteiger partial charge in [-0.05, 0) is 30.5 Å². The Kier molecular flexibility index (Phi) is 5.99. The summed E-state index contributed by atoms with van der Waals surface area (Å²) in [6.07, 6.45) is 0.707. The van der Waals surface area contributed by atoms with Crippen molar-refractivity contribution in [1.29, 1.82) is 0 Å². The van der Waals surface area contributed by atoms with Crippen LogP contribution in [0.15, 0.2) is 54.6 Å². The van der Waals surface area contributed by atoms with E-state index in [9.17, 15) is 5.11 Å². The number of aliphatic hydroxyl groups excluding tert-OH is 1. The Morgan fingerprint density at radius 1 is 1.00 bits per heavy atom. The van der Waals surface area contributed by atoms with E-state index in [1.54, 1.807) is 0 Å². The predicted octanol–water partition coefficient (Wildman–Crippen LogP) is 3.53. The molecule has 0 aliphatic carbocycles. The summed E-state index contributed by atoms with van der Waals surface area (Å²) < 4.78 is 0. The van der Waals surface area contributed by atoms with Crippen LogP contribution in [0.5, 0.6) is 0 Å². The third kappa shape index (κ3) is 4.09. The Labute approximate surface area is 133 Å². The predicted molar refractivity (Wildman–Crippen MR) is 93.2 cm³/mol. The monoisotopic (exact) mass is 298 g/mol. The van der Waals surface area contributed by atoms with Crippen molar-refractivity contribution in [2.24, 2.45) is 0 Å². The summed E-state index contributed by atoms with van der Waals surface area (Å²) in [7, 11) is 4.13. The number of benzene rings is 2. The zero-order valence-electron chi connectivity index (χ0n) is 13.7. The minimum absolute atomic E-state index is 0.149. The van der Waals surface area contributed by atoms with Crippen LogP contribution in [0.4, 0.5) is 5.69 Å². The van der Waals surface area contributed by atoms with Gasteiger partial charge in [0.25, 0.3) is 0 Å². The number of rotatable bonds is 7. The standard InChI is InChI=1S/C19H26N2O/c1-15(17-11-7-8-12-19(17)21(2)3)20-18(13-14-22)16-9-5-4-6-10-16/h4-12,15,18,20,22H,13-14H2,1-3H3/t15?,18-/m1/s1. The molecule has 0 aliphatic heterocycles. The van der Waals surface area contributed by atoms with Gasteiger partial charge >= 0.3 is 0 Å². The van der Waals surface area contributed by atoms with Crippen LogP contribution >= 0.6 is 0 Å². The van der Waals surface area contributed by atoms with Crippen molar-refractivity contribution in [1.82, 2.24) is 5.32 Å². The van der Waals surface area contributed by atoms with Gasteiger partial charge in [0.15, 0.2) is 0 Å². The van der Waals surface area contributed by atoms with Crippen molar-refractivity contribution in [3.05, 3.63) is 65.7 Å². The molecule has 0 aromatic heterocycles. The fourth-order valence-electron chi connectivity index (χ4n) is 2.81. The third-order valence-corrected chi connectivity index (χ3v) is 3.96. The van der Waals surface area contributed by atoms with E-state index in [-0.39, 0.29) is 18.7 Å². The Morgan fingerprint density at radius 2 is 1.64 bits per heavy atom. The van der Waals surface area contributed by atoms with Crippen molar-refractivity contribution < 1.29 is 5.11 Å². The van der Waals surface area contributed by atoms with Gasteiger partial charge in [-0.2, -0.15) is 0 Å². The lowest BCUT2D eigenvalue weighted by atomic mass is 10.00. The fraction of sp³-hybridized carbons (Fsp3) is 0.368. The second kappa shape index (κ2) is 7.97. The molecule has 0 aliphatic rings. The summed E-state index contributed by atoms with van der Waals surface area (Å²) in [4.78, 5) is 2.14. The van der Waals surface area contributed by atoms with Crippen LogP contribution in [0, 0.1) is 0 Å². The van der Waals surface area contributed by atoms with Gasteiger partial charge in [-0.15, -0.1) is 0 Å². The lowest BCUT2D eigenvalue weighted by Crippen LogP contribution is -2.27. The van der Waals surface area contributed by atoms with E-state index in [2.05, 4.69) is 67.6 Å². The molecule has 3 nitrogen and oxygen atoms in total. The summed E-state index contributed by atoms with van der Waals surface area (Å²) >= 11 is 0. The van der Waals surface area contributed by atoms with Crippen molar-refractivity contribution in [2.75, 3.05) is 25.6 Å². The number of anilines is 1. The maximum Gasteiger partial charge on any atom is 0.0449 e. The van der Waals surface area contributed by atoms with Crippen LogP contribution in [-0.2, 0) is 0 Å². The maximum absolute atomic E-state index is 9.38. The quantitative estimate of drug-likeness (QED) is 0.821. The van der Waals surface area contributed by atoms with Gasteiger partial charge in [0, 0.05) is 38.5 Å². The van der Waals surface area contributed by atoms with Crippen molar-refractivity contribution in [3.63, 3.8) is 0 Å². The summed E-state index contributed by atoms with van der Waals surface area (Å²) in [6, 6.07) is 19.1. The molecule has 1 unspecified atom stereocenters. The number of hydrogen-bond donors (Lipinski definition) is 2. The minimum atomic E-state index is 0.149. The summed E-state index contributed by atoms with van der Waals surface area (Å²) in [6.45, 7) is 2.35. The Morgan fingerprint density at radius 3 is 2.27 bits per heavy atom. The average molecular weight is 298 g/mol. The van der Waals surface area contributed by atoms with E-state index < -0.39 is 0 Å². The topological polar surface area (TPSA) is 35.5 Å². The minimum Gasteiger partial charge on any atom is -0.396 e. The highest BCUT2D eigenvalue weighted by molar-refractivity contribution is 5.53. The lowest BCUT2D eigenvalue weighted by Gasteiger charge is -2.27. The molecule has 0 heterocycles. The molecule has 0 radical (unpaired) electrons. The van der Waals surface area contributed by atoms with Gasteiger partial charge in [-0.1, -0.05) is 48.5 Å². The molecular weight excluding hydrogens is 272 g/mol. The first-order chi connectivity index (χ1) is 10.6. The van der Waals surface area contributed by atoms with Gasteiger partial charge in [-0.25, -0.2) is 0 Å². The van der Waals surface area contributed by atoms with Gasteiger partial charge in [0.1, 0.15) is 0 Å². The molecule has 118 valence electrons. The Bertz CT molecular complexity index is 569. The largest absolute Gasteiger partial charge is 0.396 e. The third-order valence-electron chi connectivity index (χ3n) is 3.96. The first kappa shape index (κ1) is 16.5. The molecule has 22 heavy (non-hydrogen) atoms. The van der Waals surface area contributed by atoms with E-state index in [0.717, 1.165) is 0 Å². The molecule has 0 spiro atoms. The van der Waals surface area contributed by atoms with Gasteiger partial charge in [0.2, 0.25) is 0 Å². The van der Waals surface area contributed by atoms with Gasteiger partial charge in [0.05, 0.1) is 0 Å². The van der Waals surface area contributed by atoms with Crippen LogP contribution in [0.1, 0.15) is 36.6 Å². The molecule has 0 saturated carbocycles. The lowest BCUT2D eigenvalue weighted by molar-refractivity contribution is 0.260. The zero-order chi connectivity index (χ0) is 15.9. The molecule has 2 atom stereocenters. The first-order valence-corrected chi connectivity index (χ1v) is 7.81. The maximum atomic E-state index is 9.38. The fourth-order valence-corrected chi connectivity index (χ4v) is 2.81. The molecule has 0 bridgehead atoms. The van der Waals surface area contributed by atoms with Crippen LogP contribution in [-0.4, -0.2) is 25.8 Å². The van der Waals surface area contributed by atoms with Gasteiger partial charge in [-0.3, -0.25) is 0 Å². The van der Waals surface area contributed by atoms with Crippen molar-refractivity contribution in [3.8, 4) is 0 Å². The van der Waals surface area contributed by atoms with E-state index >= 15 is 0 Å².